The molecule has 2 heterocycles. The zero-order chi connectivity index (χ0) is 22.3. The minimum absolute atomic E-state index is 0.116. The van der Waals surface area contributed by atoms with Crippen LogP contribution in [-0.2, 0) is 15.5 Å². The summed E-state index contributed by atoms with van der Waals surface area (Å²) in [6.07, 6.45) is -4.83. The molecule has 0 saturated carbocycles. The molecule has 0 amide bonds. The van der Waals surface area contributed by atoms with Gasteiger partial charge in [0.05, 0.1) is 23.9 Å². The van der Waals surface area contributed by atoms with Crippen LogP contribution >= 0.6 is 0 Å². The summed E-state index contributed by atoms with van der Waals surface area (Å²) < 4.78 is 56.1. The van der Waals surface area contributed by atoms with Crippen LogP contribution in [0.3, 0.4) is 0 Å². The molecule has 1 aliphatic rings. The van der Waals surface area contributed by atoms with Crippen LogP contribution in [0.5, 0.6) is 5.75 Å². The number of nitrogens with zero attached hydrogens (tertiary/aromatic N) is 1. The van der Waals surface area contributed by atoms with E-state index in [9.17, 15) is 18.3 Å². The first-order chi connectivity index (χ1) is 13.8. The number of aliphatic hydroxyl groups excluding tert-OH is 1. The molecular formula is C20H24BF3N2O4. The van der Waals surface area contributed by atoms with Crippen molar-refractivity contribution >= 4 is 18.4 Å². The predicted octanol–water partition coefficient (Wildman–Crippen LogP) is 3.51. The van der Waals surface area contributed by atoms with Gasteiger partial charge < -0.3 is 24.5 Å². The lowest BCUT2D eigenvalue weighted by Gasteiger charge is -2.32. The molecule has 0 radical (unpaired) electrons. The van der Waals surface area contributed by atoms with Crippen molar-refractivity contribution < 1.29 is 32.3 Å². The smallest absolute Gasteiger partial charge is 0.494 e. The van der Waals surface area contributed by atoms with Crippen LogP contribution in [0.1, 0.15) is 45.0 Å². The summed E-state index contributed by atoms with van der Waals surface area (Å²) >= 11 is 0. The van der Waals surface area contributed by atoms with Crippen molar-refractivity contribution in [3.63, 3.8) is 0 Å². The molecule has 1 aliphatic heterocycles. The second kappa shape index (κ2) is 7.75. The molecule has 0 bridgehead atoms. The molecule has 1 aromatic carbocycles. The van der Waals surface area contributed by atoms with Gasteiger partial charge in [-0.2, -0.15) is 13.2 Å². The van der Waals surface area contributed by atoms with E-state index in [1.807, 2.05) is 27.7 Å². The average molecular weight is 424 g/mol. The molecule has 2 aromatic rings. The van der Waals surface area contributed by atoms with Crippen molar-refractivity contribution in [1.82, 2.24) is 4.98 Å². The van der Waals surface area contributed by atoms with E-state index < -0.39 is 36.3 Å². The number of hydrogen-bond acceptors (Lipinski definition) is 6. The van der Waals surface area contributed by atoms with Gasteiger partial charge in [-0.05, 0) is 51.4 Å². The van der Waals surface area contributed by atoms with Crippen molar-refractivity contribution in [1.29, 1.82) is 0 Å². The molecule has 2 N–H and O–H groups in total. The highest BCUT2D eigenvalue weighted by Gasteiger charge is 2.51. The number of anilines is 1. The fraction of sp³-hybridized carbons (Fsp3) is 0.450. The van der Waals surface area contributed by atoms with E-state index in [0.29, 0.717) is 16.8 Å². The van der Waals surface area contributed by atoms with Crippen molar-refractivity contribution in [2.75, 3.05) is 12.4 Å². The number of ether oxygens (including phenoxy) is 1. The molecule has 30 heavy (non-hydrogen) atoms. The maximum Gasteiger partial charge on any atom is 0.494 e. The molecule has 3 rings (SSSR count). The van der Waals surface area contributed by atoms with Crippen molar-refractivity contribution in [3.8, 4) is 5.75 Å². The van der Waals surface area contributed by atoms with Gasteiger partial charge in [-0.15, -0.1) is 0 Å². The fourth-order valence-corrected chi connectivity index (χ4v) is 2.98. The van der Waals surface area contributed by atoms with Crippen molar-refractivity contribution in [2.24, 2.45) is 0 Å². The molecule has 0 spiro atoms. The first kappa shape index (κ1) is 22.4. The number of rotatable bonds is 5. The zero-order valence-electron chi connectivity index (χ0n) is 17.4. The first-order valence-corrected chi connectivity index (χ1v) is 9.35. The standard InChI is InChI=1S/C20H24BF3N2O4/c1-18(2)19(3,4)30-21(29-18)13-6-7-14(15(11-13)28-5)17(27)26-16-10-12(8-9-25-16)20(22,23)24/h6-11,17,27H,1-5H3,(H,25,26). The summed E-state index contributed by atoms with van der Waals surface area (Å²) in [5.74, 6) is 0.212. The SMILES string of the molecule is COc1cc(B2OC(C)(C)C(C)(C)O2)ccc1C(O)Nc1cc(C(F)(F)F)ccn1. The third-order valence-electron chi connectivity index (χ3n) is 5.45. The minimum atomic E-state index is -4.51. The highest BCUT2D eigenvalue weighted by molar-refractivity contribution is 6.62. The monoisotopic (exact) mass is 424 g/mol. The minimum Gasteiger partial charge on any atom is -0.496 e. The summed E-state index contributed by atoms with van der Waals surface area (Å²) in [4.78, 5) is 3.83. The number of pyridine rings is 1. The van der Waals surface area contributed by atoms with E-state index in [0.717, 1.165) is 18.3 Å². The van der Waals surface area contributed by atoms with E-state index in [4.69, 9.17) is 14.0 Å². The molecule has 1 atom stereocenters. The number of halogens is 3. The van der Waals surface area contributed by atoms with E-state index in [1.165, 1.54) is 7.11 Å². The first-order valence-electron chi connectivity index (χ1n) is 9.35. The lowest BCUT2D eigenvalue weighted by Crippen LogP contribution is -2.41. The van der Waals surface area contributed by atoms with Gasteiger partial charge in [0.15, 0.2) is 6.23 Å². The van der Waals surface area contributed by atoms with Crippen molar-refractivity contribution in [3.05, 3.63) is 47.7 Å². The van der Waals surface area contributed by atoms with Crippen LogP contribution in [0.4, 0.5) is 19.0 Å². The number of nitrogens with one attached hydrogen (secondary N) is 1. The molecule has 1 fully saturated rings. The van der Waals surface area contributed by atoms with Gasteiger partial charge in [0.1, 0.15) is 11.6 Å². The maximum atomic E-state index is 12.9. The molecule has 1 unspecified atom stereocenters. The normalized spacial score (nSPS) is 18.9. The highest BCUT2D eigenvalue weighted by Crippen LogP contribution is 2.37. The van der Waals surface area contributed by atoms with E-state index >= 15 is 0 Å². The van der Waals surface area contributed by atoms with Gasteiger partial charge in [0.2, 0.25) is 0 Å². The number of hydrogen-bond donors (Lipinski definition) is 2. The van der Waals surface area contributed by atoms with Gasteiger partial charge in [-0.3, -0.25) is 0 Å². The quantitative estimate of drug-likeness (QED) is 0.566. The zero-order valence-corrected chi connectivity index (χ0v) is 17.4. The average Bonchev–Trinajstić information content (AvgIpc) is 2.88. The van der Waals surface area contributed by atoms with Gasteiger partial charge in [-0.1, -0.05) is 12.1 Å². The van der Waals surface area contributed by atoms with Gasteiger partial charge >= 0.3 is 13.3 Å². The number of methoxy groups -OCH3 is 1. The number of benzene rings is 1. The second-order valence-corrected chi connectivity index (χ2v) is 8.06. The van der Waals surface area contributed by atoms with Gasteiger partial charge in [0, 0.05) is 11.8 Å². The maximum absolute atomic E-state index is 12.9. The fourth-order valence-electron chi connectivity index (χ4n) is 2.98. The summed E-state index contributed by atoms with van der Waals surface area (Å²) in [5.41, 5.74) is -0.870. The Kier molecular flexibility index (Phi) is 5.79. The third kappa shape index (κ3) is 4.40. The van der Waals surface area contributed by atoms with E-state index in [-0.39, 0.29) is 5.82 Å². The Morgan fingerprint density at radius 1 is 1.10 bits per heavy atom. The van der Waals surface area contributed by atoms with Crippen molar-refractivity contribution in [2.45, 2.75) is 51.3 Å². The van der Waals surface area contributed by atoms with Gasteiger partial charge in [-0.25, -0.2) is 4.98 Å². The Hall–Kier alpha value is -2.30. The summed E-state index contributed by atoms with van der Waals surface area (Å²) in [6.45, 7) is 7.76. The van der Waals surface area contributed by atoms with E-state index in [1.54, 1.807) is 18.2 Å². The molecule has 6 nitrogen and oxygen atoms in total. The Labute approximate surface area is 173 Å². The molecule has 1 saturated heterocycles. The second-order valence-electron chi connectivity index (χ2n) is 8.06. The van der Waals surface area contributed by atoms with Crippen LogP contribution in [0, 0.1) is 0 Å². The van der Waals surface area contributed by atoms with Gasteiger partial charge in [0.25, 0.3) is 0 Å². The Morgan fingerprint density at radius 2 is 1.73 bits per heavy atom. The Balaban J connectivity index is 1.82. The predicted molar refractivity (Wildman–Crippen MR) is 107 cm³/mol. The highest BCUT2D eigenvalue weighted by atomic mass is 19.4. The van der Waals surface area contributed by atoms with Crippen LogP contribution < -0.4 is 15.5 Å². The number of aromatic nitrogens is 1. The topological polar surface area (TPSA) is 72.8 Å². The lowest BCUT2D eigenvalue weighted by atomic mass is 9.78. The van der Waals surface area contributed by atoms with E-state index in [2.05, 4.69) is 10.3 Å². The van der Waals surface area contributed by atoms with Crippen LogP contribution in [0.2, 0.25) is 0 Å². The number of aliphatic hydroxyl groups is 1. The van der Waals surface area contributed by atoms with Crippen LogP contribution in [0.15, 0.2) is 36.5 Å². The summed E-state index contributed by atoms with van der Waals surface area (Å²) in [6, 6.07) is 6.67. The van der Waals surface area contributed by atoms with Crippen LogP contribution in [0.25, 0.3) is 0 Å². The number of alkyl halides is 3. The Bertz CT molecular complexity index is 905. The molecule has 1 aromatic heterocycles. The summed E-state index contributed by atoms with van der Waals surface area (Å²) in [5, 5.41) is 13.1. The largest absolute Gasteiger partial charge is 0.496 e. The molecule has 10 heteroatoms. The Morgan fingerprint density at radius 3 is 2.30 bits per heavy atom. The third-order valence-corrected chi connectivity index (χ3v) is 5.45. The molecule has 0 aliphatic carbocycles. The van der Waals surface area contributed by atoms with Crippen LogP contribution in [-0.4, -0.2) is 35.5 Å². The molecule has 162 valence electrons. The lowest BCUT2D eigenvalue weighted by molar-refractivity contribution is -0.137. The summed E-state index contributed by atoms with van der Waals surface area (Å²) in [7, 11) is 0.815. The molecular weight excluding hydrogens is 400 g/mol.